The van der Waals surface area contributed by atoms with Crippen LogP contribution in [-0.4, -0.2) is 20.3 Å². The first-order valence-electron chi connectivity index (χ1n) is 11.8. The van der Waals surface area contributed by atoms with Crippen LogP contribution in [0, 0.1) is 5.41 Å². The highest BCUT2D eigenvalue weighted by molar-refractivity contribution is 7.99. The fourth-order valence-electron chi connectivity index (χ4n) is 3.72. The Kier molecular flexibility index (Phi) is 6.61. The number of carbonyl (C=O) groups is 1. The van der Waals surface area contributed by atoms with Crippen LogP contribution in [-0.2, 0) is 11.2 Å². The van der Waals surface area contributed by atoms with Gasteiger partial charge in [0, 0.05) is 23.1 Å². The van der Waals surface area contributed by atoms with Gasteiger partial charge in [-0.25, -0.2) is 9.97 Å². The van der Waals surface area contributed by atoms with Crippen molar-refractivity contribution in [3.8, 4) is 17.1 Å². The predicted octanol–water partition coefficient (Wildman–Crippen LogP) is 7.09. The zero-order valence-corrected chi connectivity index (χ0v) is 21.3. The summed E-state index contributed by atoms with van der Waals surface area (Å²) in [7, 11) is 0. The molecule has 6 heteroatoms. The zero-order chi connectivity index (χ0) is 25.1. The van der Waals surface area contributed by atoms with Crippen molar-refractivity contribution in [1.29, 1.82) is 0 Å². The van der Waals surface area contributed by atoms with E-state index in [2.05, 4.69) is 0 Å². The number of hydrogen-bond donors (Lipinski definition) is 0. The Balaban J connectivity index is 1.72. The minimum absolute atomic E-state index is 0.311. The molecule has 0 aliphatic heterocycles. The minimum Gasteiger partial charge on any atom is -0.406 e. The van der Waals surface area contributed by atoms with Gasteiger partial charge in [0.15, 0.2) is 5.65 Å². The Labute approximate surface area is 215 Å². The van der Waals surface area contributed by atoms with Crippen molar-refractivity contribution in [2.75, 3.05) is 0 Å². The van der Waals surface area contributed by atoms with Crippen molar-refractivity contribution < 1.29 is 9.53 Å². The number of aromatic nitrogens is 3. The molecule has 0 saturated carbocycles. The first kappa shape index (κ1) is 23.8. The van der Waals surface area contributed by atoms with Crippen molar-refractivity contribution in [1.82, 2.24) is 14.4 Å². The molecule has 0 N–H and O–H groups in total. The van der Waals surface area contributed by atoms with E-state index in [1.54, 1.807) is 11.8 Å². The number of nitrogens with zero attached hydrogens (tertiary/aromatic N) is 3. The van der Waals surface area contributed by atoms with Gasteiger partial charge in [-0.3, -0.25) is 9.20 Å². The molecule has 5 aromatic rings. The van der Waals surface area contributed by atoms with Gasteiger partial charge in [-0.2, -0.15) is 0 Å². The molecule has 180 valence electrons. The van der Waals surface area contributed by atoms with Gasteiger partial charge in [-0.1, -0.05) is 90.6 Å². The van der Waals surface area contributed by atoms with E-state index in [-0.39, 0.29) is 5.97 Å². The Morgan fingerprint density at radius 2 is 1.47 bits per heavy atom. The molecule has 0 aliphatic rings. The smallest absolute Gasteiger partial charge is 0.317 e. The second-order valence-electron chi connectivity index (χ2n) is 9.57. The number of hydrogen-bond acceptors (Lipinski definition) is 5. The fraction of sp³-hybridized carbons (Fsp3) is 0.167. The monoisotopic (exact) mass is 493 g/mol. The third kappa shape index (κ3) is 5.19. The van der Waals surface area contributed by atoms with Crippen molar-refractivity contribution in [3.63, 3.8) is 0 Å². The zero-order valence-electron chi connectivity index (χ0n) is 20.5. The SMILES string of the molecule is CC(C)(C)C(=O)Oc1c(Cc2ccccc2)nc2c(Sc3ccccc3)nc(-c3ccccc3)cn12. The van der Waals surface area contributed by atoms with Crippen LogP contribution in [0.1, 0.15) is 32.0 Å². The number of esters is 1. The summed E-state index contributed by atoms with van der Waals surface area (Å²) in [6, 6.07) is 30.2. The van der Waals surface area contributed by atoms with Crippen LogP contribution >= 0.6 is 11.8 Å². The average Bonchev–Trinajstić information content (AvgIpc) is 3.22. The highest BCUT2D eigenvalue weighted by Crippen LogP contribution is 2.35. The number of ether oxygens (including phenoxy) is 1. The second-order valence-corrected chi connectivity index (χ2v) is 10.6. The molecule has 0 saturated heterocycles. The summed E-state index contributed by atoms with van der Waals surface area (Å²) in [4.78, 5) is 24.1. The molecule has 5 rings (SSSR count). The Bertz CT molecular complexity index is 1490. The van der Waals surface area contributed by atoms with E-state index in [0.29, 0.717) is 23.6 Å². The van der Waals surface area contributed by atoms with Gasteiger partial charge < -0.3 is 4.74 Å². The second kappa shape index (κ2) is 9.99. The molecule has 0 aliphatic carbocycles. The van der Waals surface area contributed by atoms with Crippen LogP contribution in [0.5, 0.6) is 5.88 Å². The van der Waals surface area contributed by atoms with Gasteiger partial charge in [0.05, 0.1) is 11.1 Å². The summed E-state index contributed by atoms with van der Waals surface area (Å²) in [5.74, 6) is 0.122. The van der Waals surface area contributed by atoms with Crippen molar-refractivity contribution in [3.05, 3.63) is 108 Å². The van der Waals surface area contributed by atoms with Gasteiger partial charge in [-0.15, -0.1) is 0 Å². The van der Waals surface area contributed by atoms with Crippen LogP contribution in [0.4, 0.5) is 0 Å². The molecule has 5 nitrogen and oxygen atoms in total. The molecule has 36 heavy (non-hydrogen) atoms. The van der Waals surface area contributed by atoms with Gasteiger partial charge in [0.25, 0.3) is 0 Å². The molecule has 0 atom stereocenters. The predicted molar refractivity (Wildman–Crippen MR) is 143 cm³/mol. The first-order chi connectivity index (χ1) is 17.4. The van der Waals surface area contributed by atoms with Crippen molar-refractivity contribution in [2.45, 2.75) is 37.1 Å². The average molecular weight is 494 g/mol. The molecule has 0 amide bonds. The number of imidazole rings is 1. The lowest BCUT2D eigenvalue weighted by Crippen LogP contribution is -2.26. The van der Waals surface area contributed by atoms with E-state index in [1.165, 1.54) is 0 Å². The molecular weight excluding hydrogens is 466 g/mol. The van der Waals surface area contributed by atoms with Gasteiger partial charge in [-0.05, 0) is 38.5 Å². The standard InChI is InChI=1S/C30H27N3O2S/c1-30(2,3)29(34)35-28-24(19-21-13-7-4-8-14-21)31-26-27(36-23-17-11-6-12-18-23)32-25(20-33(26)28)22-15-9-5-10-16-22/h4-18,20H,19H2,1-3H3. The molecule has 2 heterocycles. The maximum atomic E-state index is 13.0. The van der Waals surface area contributed by atoms with E-state index >= 15 is 0 Å². The topological polar surface area (TPSA) is 56.5 Å². The number of benzene rings is 3. The largest absolute Gasteiger partial charge is 0.406 e. The van der Waals surface area contributed by atoms with Crippen LogP contribution in [0.2, 0.25) is 0 Å². The summed E-state index contributed by atoms with van der Waals surface area (Å²) in [5, 5.41) is 0.745. The Morgan fingerprint density at radius 3 is 2.11 bits per heavy atom. The Morgan fingerprint density at radius 1 is 0.861 bits per heavy atom. The minimum atomic E-state index is -0.662. The maximum absolute atomic E-state index is 13.0. The van der Waals surface area contributed by atoms with E-state index in [4.69, 9.17) is 14.7 Å². The summed E-state index contributed by atoms with van der Waals surface area (Å²) in [5.41, 5.74) is 3.53. The molecular formula is C30H27N3O2S. The molecule has 0 radical (unpaired) electrons. The highest BCUT2D eigenvalue weighted by atomic mass is 32.2. The van der Waals surface area contributed by atoms with Crippen LogP contribution in [0.25, 0.3) is 16.9 Å². The summed E-state index contributed by atoms with van der Waals surface area (Å²) >= 11 is 1.54. The summed E-state index contributed by atoms with van der Waals surface area (Å²) < 4.78 is 7.93. The lowest BCUT2D eigenvalue weighted by Gasteiger charge is -2.17. The third-order valence-corrected chi connectivity index (χ3v) is 6.62. The van der Waals surface area contributed by atoms with Crippen LogP contribution in [0.15, 0.2) is 107 Å². The van der Waals surface area contributed by atoms with E-state index in [1.807, 2.05) is 122 Å². The summed E-state index contributed by atoms with van der Waals surface area (Å²) in [6.45, 7) is 5.55. The van der Waals surface area contributed by atoms with Gasteiger partial charge >= 0.3 is 5.97 Å². The lowest BCUT2D eigenvalue weighted by atomic mass is 9.97. The summed E-state index contributed by atoms with van der Waals surface area (Å²) in [6.07, 6.45) is 2.44. The highest BCUT2D eigenvalue weighted by Gasteiger charge is 2.28. The molecule has 0 spiro atoms. The van der Waals surface area contributed by atoms with E-state index in [0.717, 1.165) is 26.7 Å². The normalized spacial score (nSPS) is 11.5. The maximum Gasteiger partial charge on any atom is 0.317 e. The number of carbonyl (C=O) groups excluding carboxylic acids is 1. The first-order valence-corrected chi connectivity index (χ1v) is 12.7. The quantitative estimate of drug-likeness (QED) is 0.236. The third-order valence-electron chi connectivity index (χ3n) is 5.64. The van der Waals surface area contributed by atoms with Gasteiger partial charge in [0.1, 0.15) is 10.7 Å². The molecule has 0 unspecified atom stereocenters. The van der Waals surface area contributed by atoms with Gasteiger partial charge in [0.2, 0.25) is 5.88 Å². The lowest BCUT2D eigenvalue weighted by molar-refractivity contribution is -0.143. The Hall–Kier alpha value is -3.90. The number of fused-ring (bicyclic) bond motifs is 1. The van der Waals surface area contributed by atoms with Crippen molar-refractivity contribution in [2.24, 2.45) is 5.41 Å². The molecule has 3 aromatic carbocycles. The van der Waals surface area contributed by atoms with E-state index in [9.17, 15) is 4.79 Å². The number of rotatable bonds is 6. The molecule has 2 aromatic heterocycles. The molecule has 0 fully saturated rings. The van der Waals surface area contributed by atoms with Crippen LogP contribution < -0.4 is 4.74 Å². The fourth-order valence-corrected chi connectivity index (χ4v) is 4.61. The van der Waals surface area contributed by atoms with E-state index < -0.39 is 5.41 Å². The van der Waals surface area contributed by atoms with Crippen LogP contribution in [0.3, 0.4) is 0 Å². The van der Waals surface area contributed by atoms with Crippen molar-refractivity contribution >= 4 is 23.4 Å². The molecule has 0 bridgehead atoms.